The number of nitrogens with zero attached hydrogens (tertiary/aromatic N) is 3. The van der Waals surface area contributed by atoms with Crippen LogP contribution in [0.5, 0.6) is 11.5 Å². The van der Waals surface area contributed by atoms with Crippen molar-refractivity contribution in [2.24, 2.45) is 0 Å². The van der Waals surface area contributed by atoms with E-state index < -0.39 is 23.6 Å². The predicted octanol–water partition coefficient (Wildman–Crippen LogP) is 0.482. The van der Waals surface area contributed by atoms with E-state index in [2.05, 4.69) is 0 Å². The van der Waals surface area contributed by atoms with Crippen LogP contribution in [0.2, 0.25) is 0 Å². The molecule has 8 nitrogen and oxygen atoms in total. The number of nitriles is 1. The van der Waals surface area contributed by atoms with Crippen LogP contribution in [0.15, 0.2) is 27.8 Å². The molecule has 0 saturated heterocycles. The second-order valence-corrected chi connectivity index (χ2v) is 6.14. The fraction of sp³-hybridized carbons (Fsp3) is 0.333. The number of carbonyl (C=O) groups is 1. The molecule has 1 aromatic carbocycles. The maximum absolute atomic E-state index is 12.6. The highest BCUT2D eigenvalue weighted by Gasteiger charge is 2.24. The van der Waals surface area contributed by atoms with Gasteiger partial charge in [0.15, 0.2) is 17.3 Å². The van der Waals surface area contributed by atoms with Gasteiger partial charge in [-0.2, -0.15) is 5.26 Å². The molecule has 0 N–H and O–H groups in total. The van der Waals surface area contributed by atoms with Crippen molar-refractivity contribution in [2.45, 2.75) is 25.9 Å². The van der Waals surface area contributed by atoms with Gasteiger partial charge in [-0.25, -0.2) is 4.79 Å². The highest BCUT2D eigenvalue weighted by Crippen LogP contribution is 2.30. The standard InChI is InChI=1S/C18H15N3O5/c19-9-12-13-2-1-5-20(13)18(24)21(17(12)23)10-14(22)11-3-4-15-16(8-11)26-7-6-25-15/h3-4,8H,1-2,5-7,10H2. The Hall–Kier alpha value is -3.34. The number of fused-ring (bicyclic) bond motifs is 2. The highest BCUT2D eigenvalue weighted by molar-refractivity contribution is 5.96. The second-order valence-electron chi connectivity index (χ2n) is 6.14. The quantitative estimate of drug-likeness (QED) is 0.744. The van der Waals surface area contributed by atoms with Crippen LogP contribution in [0, 0.1) is 11.3 Å². The van der Waals surface area contributed by atoms with Gasteiger partial charge < -0.3 is 9.47 Å². The van der Waals surface area contributed by atoms with Crippen LogP contribution in [0.25, 0.3) is 0 Å². The van der Waals surface area contributed by atoms with Crippen molar-refractivity contribution in [1.29, 1.82) is 5.26 Å². The molecule has 2 aromatic rings. The summed E-state index contributed by atoms with van der Waals surface area (Å²) < 4.78 is 13.1. The van der Waals surface area contributed by atoms with Gasteiger partial charge in [0.1, 0.15) is 24.8 Å². The van der Waals surface area contributed by atoms with Gasteiger partial charge >= 0.3 is 5.69 Å². The van der Waals surface area contributed by atoms with E-state index in [0.717, 1.165) is 4.57 Å². The van der Waals surface area contributed by atoms with E-state index in [1.54, 1.807) is 12.1 Å². The van der Waals surface area contributed by atoms with Crippen molar-refractivity contribution in [3.05, 3.63) is 55.9 Å². The molecule has 0 aliphatic carbocycles. The number of aromatic nitrogens is 2. The number of rotatable bonds is 3. The second kappa shape index (κ2) is 6.19. The van der Waals surface area contributed by atoms with Crippen molar-refractivity contribution in [3.8, 4) is 17.6 Å². The number of ether oxygens (including phenoxy) is 2. The van der Waals surface area contributed by atoms with Crippen molar-refractivity contribution in [2.75, 3.05) is 13.2 Å². The molecule has 0 spiro atoms. The first-order chi connectivity index (χ1) is 12.6. The lowest BCUT2D eigenvalue weighted by molar-refractivity contribution is 0.0967. The molecule has 0 amide bonds. The predicted molar refractivity (Wildman–Crippen MR) is 89.8 cm³/mol. The summed E-state index contributed by atoms with van der Waals surface area (Å²) in [5.41, 5.74) is -0.545. The Labute approximate surface area is 147 Å². The van der Waals surface area contributed by atoms with Crippen LogP contribution in [-0.4, -0.2) is 28.1 Å². The van der Waals surface area contributed by atoms with E-state index in [-0.39, 0.29) is 5.56 Å². The highest BCUT2D eigenvalue weighted by atomic mass is 16.6. The molecule has 0 radical (unpaired) electrons. The van der Waals surface area contributed by atoms with Crippen LogP contribution < -0.4 is 20.7 Å². The normalized spacial score (nSPS) is 14.6. The summed E-state index contributed by atoms with van der Waals surface area (Å²) in [6.45, 7) is 0.855. The Morgan fingerprint density at radius 1 is 1.19 bits per heavy atom. The topological polar surface area (TPSA) is 103 Å². The van der Waals surface area contributed by atoms with E-state index in [9.17, 15) is 19.6 Å². The number of benzene rings is 1. The van der Waals surface area contributed by atoms with Gasteiger partial charge in [0.25, 0.3) is 5.56 Å². The van der Waals surface area contributed by atoms with Gasteiger partial charge in [-0.3, -0.25) is 18.7 Å². The third-order valence-corrected chi connectivity index (χ3v) is 4.61. The maximum Gasteiger partial charge on any atom is 0.331 e. The van der Waals surface area contributed by atoms with Gasteiger partial charge in [-0.05, 0) is 31.0 Å². The molecule has 8 heteroatoms. The Morgan fingerprint density at radius 3 is 2.73 bits per heavy atom. The van der Waals surface area contributed by atoms with Crippen LogP contribution >= 0.6 is 0 Å². The molecule has 2 aliphatic rings. The zero-order valence-electron chi connectivity index (χ0n) is 13.9. The number of hydrogen-bond acceptors (Lipinski definition) is 6. The van der Waals surface area contributed by atoms with Crippen LogP contribution in [0.4, 0.5) is 0 Å². The summed E-state index contributed by atoms with van der Waals surface area (Å²) in [7, 11) is 0. The molecule has 0 fully saturated rings. The molecule has 2 aliphatic heterocycles. The first-order valence-electron chi connectivity index (χ1n) is 8.29. The third kappa shape index (κ3) is 2.49. The Bertz CT molecular complexity index is 1070. The molecule has 1 aromatic heterocycles. The molecule has 0 saturated carbocycles. The van der Waals surface area contributed by atoms with Crippen LogP contribution in [0.1, 0.15) is 28.0 Å². The molecule has 0 bridgehead atoms. The minimum atomic E-state index is -0.712. The number of ketones is 1. The molecular weight excluding hydrogens is 338 g/mol. The summed E-state index contributed by atoms with van der Waals surface area (Å²) in [5.74, 6) is 0.593. The lowest BCUT2D eigenvalue weighted by Crippen LogP contribution is -2.43. The molecule has 26 heavy (non-hydrogen) atoms. The fourth-order valence-corrected chi connectivity index (χ4v) is 3.34. The summed E-state index contributed by atoms with van der Waals surface area (Å²) >= 11 is 0. The first-order valence-corrected chi connectivity index (χ1v) is 8.29. The number of Topliss-reactive ketones (excluding diaryl/α,β-unsaturated/α-hetero) is 1. The van der Waals surface area contributed by atoms with Crippen LogP contribution in [-0.2, 0) is 19.5 Å². The summed E-state index contributed by atoms with van der Waals surface area (Å²) in [4.78, 5) is 37.7. The third-order valence-electron chi connectivity index (χ3n) is 4.61. The molecule has 0 atom stereocenters. The molecule has 0 unspecified atom stereocenters. The van der Waals surface area contributed by atoms with E-state index in [0.29, 0.717) is 55.4 Å². The van der Waals surface area contributed by atoms with Crippen LogP contribution in [0.3, 0.4) is 0 Å². The zero-order chi connectivity index (χ0) is 18.3. The van der Waals surface area contributed by atoms with Crippen molar-refractivity contribution >= 4 is 5.78 Å². The SMILES string of the molecule is N#Cc1c2n(c(=O)n(CC(=O)c3ccc4c(c3)OCCO4)c1=O)CCC2. The zero-order valence-corrected chi connectivity index (χ0v) is 13.9. The van der Waals surface area contributed by atoms with E-state index in [4.69, 9.17) is 9.47 Å². The lowest BCUT2D eigenvalue weighted by Gasteiger charge is -2.18. The largest absolute Gasteiger partial charge is 0.486 e. The smallest absolute Gasteiger partial charge is 0.331 e. The minimum absolute atomic E-state index is 0.0583. The van der Waals surface area contributed by atoms with Crippen molar-refractivity contribution in [3.63, 3.8) is 0 Å². The fourth-order valence-electron chi connectivity index (χ4n) is 3.34. The van der Waals surface area contributed by atoms with Crippen molar-refractivity contribution < 1.29 is 14.3 Å². The summed E-state index contributed by atoms with van der Waals surface area (Å²) in [6.07, 6.45) is 1.22. The Kier molecular flexibility index (Phi) is 3.84. The monoisotopic (exact) mass is 353 g/mol. The molecule has 4 rings (SSSR count). The summed E-state index contributed by atoms with van der Waals surface area (Å²) in [5, 5.41) is 9.29. The molecule has 3 heterocycles. The average Bonchev–Trinajstić information content (AvgIpc) is 3.14. The van der Waals surface area contributed by atoms with Gasteiger partial charge in [-0.1, -0.05) is 0 Å². The lowest BCUT2D eigenvalue weighted by atomic mass is 10.1. The average molecular weight is 353 g/mol. The minimum Gasteiger partial charge on any atom is -0.486 e. The van der Waals surface area contributed by atoms with Gasteiger partial charge in [0.05, 0.1) is 6.54 Å². The van der Waals surface area contributed by atoms with Crippen molar-refractivity contribution in [1.82, 2.24) is 9.13 Å². The number of carbonyl (C=O) groups excluding carboxylic acids is 1. The van der Waals surface area contributed by atoms with E-state index in [1.165, 1.54) is 10.6 Å². The summed E-state index contributed by atoms with van der Waals surface area (Å²) in [6, 6.07) is 6.61. The number of hydrogen-bond donors (Lipinski definition) is 0. The Balaban J connectivity index is 1.72. The van der Waals surface area contributed by atoms with E-state index in [1.807, 2.05) is 6.07 Å². The Morgan fingerprint density at radius 2 is 1.96 bits per heavy atom. The van der Waals surface area contributed by atoms with E-state index >= 15 is 0 Å². The van der Waals surface area contributed by atoms with Gasteiger partial charge in [-0.15, -0.1) is 0 Å². The first kappa shape index (κ1) is 16.1. The maximum atomic E-state index is 12.6. The molecular formula is C18H15N3O5. The van der Waals surface area contributed by atoms with Gasteiger partial charge in [0, 0.05) is 17.8 Å². The molecule has 132 valence electrons. The van der Waals surface area contributed by atoms with Gasteiger partial charge in [0.2, 0.25) is 0 Å².